The van der Waals surface area contributed by atoms with Crippen LogP contribution in [-0.4, -0.2) is 20.6 Å². The van der Waals surface area contributed by atoms with Gasteiger partial charge < -0.3 is 4.57 Å². The van der Waals surface area contributed by atoms with Crippen molar-refractivity contribution in [1.82, 2.24) is 20.0 Å². The lowest BCUT2D eigenvalue weighted by Crippen LogP contribution is -2.39. The molecule has 18 heavy (non-hydrogen) atoms. The Morgan fingerprint density at radius 2 is 2.33 bits per heavy atom. The predicted molar refractivity (Wildman–Crippen MR) is 73.3 cm³/mol. The van der Waals surface area contributed by atoms with Gasteiger partial charge in [0.25, 0.3) is 0 Å². The van der Waals surface area contributed by atoms with Crippen LogP contribution in [0.15, 0.2) is 17.8 Å². The number of aryl methyl sites for hydroxylation is 2. The second-order valence-corrected chi connectivity index (χ2v) is 5.32. The van der Waals surface area contributed by atoms with Crippen molar-refractivity contribution in [3.8, 4) is 0 Å². The number of nitrogens with one attached hydrogen (secondary N) is 1. The zero-order valence-corrected chi connectivity index (χ0v) is 11.6. The van der Waals surface area contributed by atoms with Gasteiger partial charge in [-0.2, -0.15) is 0 Å². The van der Waals surface area contributed by atoms with Crippen LogP contribution >= 0.6 is 11.3 Å². The van der Waals surface area contributed by atoms with Gasteiger partial charge in [0, 0.05) is 43.2 Å². The maximum atomic E-state index is 5.62. The van der Waals surface area contributed by atoms with Crippen molar-refractivity contribution >= 4 is 11.3 Å². The maximum Gasteiger partial charge on any atom is 0.110 e. The SMILES string of the molecule is CCn1ccnc1CC(Cc1csc(C)n1)NN. The second-order valence-electron chi connectivity index (χ2n) is 4.26. The monoisotopic (exact) mass is 265 g/mol. The minimum atomic E-state index is 0.166. The molecule has 0 fully saturated rings. The van der Waals surface area contributed by atoms with E-state index in [2.05, 4.69) is 32.3 Å². The van der Waals surface area contributed by atoms with E-state index in [1.54, 1.807) is 11.3 Å². The molecule has 2 heterocycles. The summed E-state index contributed by atoms with van der Waals surface area (Å²) in [4.78, 5) is 8.84. The minimum absolute atomic E-state index is 0.166. The molecule has 2 aromatic heterocycles. The Morgan fingerprint density at radius 1 is 1.50 bits per heavy atom. The average molecular weight is 265 g/mol. The van der Waals surface area contributed by atoms with E-state index in [9.17, 15) is 0 Å². The minimum Gasteiger partial charge on any atom is -0.335 e. The third kappa shape index (κ3) is 3.16. The van der Waals surface area contributed by atoms with Crippen LogP contribution in [-0.2, 0) is 19.4 Å². The van der Waals surface area contributed by atoms with Gasteiger partial charge in [0.05, 0.1) is 10.7 Å². The fraction of sp³-hybridized carbons (Fsp3) is 0.500. The first-order valence-corrected chi connectivity index (χ1v) is 6.98. The van der Waals surface area contributed by atoms with E-state index in [0.717, 1.165) is 35.9 Å². The number of thiazole rings is 1. The van der Waals surface area contributed by atoms with Gasteiger partial charge in [-0.05, 0) is 13.8 Å². The average Bonchev–Trinajstić information content (AvgIpc) is 2.97. The molecule has 2 aromatic rings. The molecule has 1 unspecified atom stereocenters. The Hall–Kier alpha value is -1.24. The molecule has 1 atom stereocenters. The zero-order valence-electron chi connectivity index (χ0n) is 10.8. The normalized spacial score (nSPS) is 12.8. The highest BCUT2D eigenvalue weighted by atomic mass is 32.1. The third-order valence-electron chi connectivity index (χ3n) is 2.93. The number of rotatable bonds is 6. The summed E-state index contributed by atoms with van der Waals surface area (Å²) in [5.41, 5.74) is 3.95. The van der Waals surface area contributed by atoms with Crippen molar-refractivity contribution in [2.75, 3.05) is 0 Å². The summed E-state index contributed by atoms with van der Waals surface area (Å²) in [7, 11) is 0. The Morgan fingerprint density at radius 3 is 2.94 bits per heavy atom. The van der Waals surface area contributed by atoms with Crippen molar-refractivity contribution in [1.29, 1.82) is 0 Å². The van der Waals surface area contributed by atoms with Crippen LogP contribution in [0.5, 0.6) is 0 Å². The molecule has 6 heteroatoms. The number of nitrogens with zero attached hydrogens (tertiary/aromatic N) is 3. The first-order valence-electron chi connectivity index (χ1n) is 6.10. The number of hydrogen-bond acceptors (Lipinski definition) is 5. The van der Waals surface area contributed by atoms with Crippen LogP contribution in [0.1, 0.15) is 23.4 Å². The molecule has 5 nitrogen and oxygen atoms in total. The van der Waals surface area contributed by atoms with E-state index >= 15 is 0 Å². The van der Waals surface area contributed by atoms with E-state index in [-0.39, 0.29) is 6.04 Å². The van der Waals surface area contributed by atoms with E-state index in [1.807, 2.05) is 19.3 Å². The van der Waals surface area contributed by atoms with Gasteiger partial charge in [-0.25, -0.2) is 9.97 Å². The highest BCUT2D eigenvalue weighted by Crippen LogP contribution is 2.12. The molecule has 0 radical (unpaired) electrons. The van der Waals surface area contributed by atoms with Crippen molar-refractivity contribution in [3.05, 3.63) is 34.3 Å². The van der Waals surface area contributed by atoms with Crippen molar-refractivity contribution < 1.29 is 0 Å². The van der Waals surface area contributed by atoms with Crippen LogP contribution in [0, 0.1) is 6.92 Å². The highest BCUT2D eigenvalue weighted by Gasteiger charge is 2.13. The number of hydrogen-bond donors (Lipinski definition) is 2. The van der Waals surface area contributed by atoms with Crippen LogP contribution in [0.3, 0.4) is 0 Å². The number of aromatic nitrogens is 3. The van der Waals surface area contributed by atoms with Gasteiger partial charge in [0.2, 0.25) is 0 Å². The van der Waals surface area contributed by atoms with E-state index in [1.165, 1.54) is 0 Å². The predicted octanol–water partition coefficient (Wildman–Crippen LogP) is 1.29. The molecule has 98 valence electrons. The summed E-state index contributed by atoms with van der Waals surface area (Å²) in [5.74, 6) is 6.69. The largest absolute Gasteiger partial charge is 0.335 e. The summed E-state index contributed by atoms with van der Waals surface area (Å²) < 4.78 is 2.14. The Balaban J connectivity index is 2.01. The molecule has 0 saturated heterocycles. The molecule has 0 aliphatic rings. The number of imidazole rings is 1. The molecular formula is C12H19N5S. The van der Waals surface area contributed by atoms with Crippen LogP contribution in [0.25, 0.3) is 0 Å². The molecular weight excluding hydrogens is 246 g/mol. The van der Waals surface area contributed by atoms with Gasteiger partial charge in [-0.15, -0.1) is 11.3 Å². The lowest BCUT2D eigenvalue weighted by Gasteiger charge is -2.15. The molecule has 0 bridgehead atoms. The van der Waals surface area contributed by atoms with Crippen molar-refractivity contribution in [2.45, 2.75) is 39.3 Å². The van der Waals surface area contributed by atoms with Gasteiger partial charge in [0.15, 0.2) is 0 Å². The fourth-order valence-corrected chi connectivity index (χ4v) is 2.61. The van der Waals surface area contributed by atoms with Crippen molar-refractivity contribution in [3.63, 3.8) is 0 Å². The smallest absolute Gasteiger partial charge is 0.110 e. The van der Waals surface area contributed by atoms with Gasteiger partial charge in [0.1, 0.15) is 5.82 Å². The van der Waals surface area contributed by atoms with Gasteiger partial charge >= 0.3 is 0 Å². The van der Waals surface area contributed by atoms with Crippen LogP contribution in [0.2, 0.25) is 0 Å². The summed E-state index contributed by atoms with van der Waals surface area (Å²) in [5, 5.41) is 3.18. The Labute approximate surface area is 111 Å². The van der Waals surface area contributed by atoms with E-state index < -0.39 is 0 Å². The second kappa shape index (κ2) is 6.08. The third-order valence-corrected chi connectivity index (χ3v) is 3.75. The molecule has 0 aliphatic carbocycles. The molecule has 0 aliphatic heterocycles. The highest BCUT2D eigenvalue weighted by molar-refractivity contribution is 7.09. The topological polar surface area (TPSA) is 68.8 Å². The zero-order chi connectivity index (χ0) is 13.0. The van der Waals surface area contributed by atoms with E-state index in [0.29, 0.717) is 0 Å². The summed E-state index contributed by atoms with van der Waals surface area (Å²) in [6, 6.07) is 0.166. The molecule has 2 rings (SSSR count). The van der Waals surface area contributed by atoms with Gasteiger partial charge in [-0.3, -0.25) is 11.3 Å². The molecule has 0 saturated carbocycles. The standard InChI is InChI=1S/C12H19N5S/c1-3-17-5-4-14-12(17)7-10(16-13)6-11-8-18-9(2)15-11/h4-5,8,10,16H,3,6-7,13H2,1-2H3. The first-order chi connectivity index (χ1) is 8.72. The lowest BCUT2D eigenvalue weighted by atomic mass is 10.1. The van der Waals surface area contributed by atoms with E-state index in [4.69, 9.17) is 5.84 Å². The molecule has 0 spiro atoms. The first kappa shape index (κ1) is 13.2. The molecule has 3 N–H and O–H groups in total. The summed E-state index contributed by atoms with van der Waals surface area (Å²) in [6.45, 7) is 5.06. The quantitative estimate of drug-likeness (QED) is 0.610. The lowest BCUT2D eigenvalue weighted by molar-refractivity contribution is 0.496. The Bertz CT molecular complexity index is 490. The molecule has 0 aromatic carbocycles. The van der Waals surface area contributed by atoms with Crippen LogP contribution in [0.4, 0.5) is 0 Å². The van der Waals surface area contributed by atoms with Gasteiger partial charge in [-0.1, -0.05) is 0 Å². The Kier molecular flexibility index (Phi) is 4.46. The summed E-state index contributed by atoms with van der Waals surface area (Å²) in [6.07, 6.45) is 5.47. The maximum absolute atomic E-state index is 5.62. The summed E-state index contributed by atoms with van der Waals surface area (Å²) >= 11 is 1.67. The number of nitrogens with two attached hydrogens (primary N) is 1. The fourth-order valence-electron chi connectivity index (χ4n) is 1.98. The number of hydrazine groups is 1. The molecule has 0 amide bonds. The van der Waals surface area contributed by atoms with Crippen LogP contribution < -0.4 is 11.3 Å². The van der Waals surface area contributed by atoms with Crippen molar-refractivity contribution in [2.24, 2.45) is 5.84 Å².